The predicted molar refractivity (Wildman–Crippen MR) is 109 cm³/mol. The Morgan fingerprint density at radius 3 is 2.10 bits per heavy atom. The van der Waals surface area contributed by atoms with Gasteiger partial charge in [0, 0.05) is 12.1 Å². The molecule has 8 nitrogen and oxygen atoms in total. The second-order valence-corrected chi connectivity index (χ2v) is 6.93. The van der Waals surface area contributed by atoms with Gasteiger partial charge >= 0.3 is 5.97 Å². The van der Waals surface area contributed by atoms with Gasteiger partial charge in [0.1, 0.15) is 17.7 Å². The number of imide groups is 1. The number of ketones is 1. The van der Waals surface area contributed by atoms with Crippen LogP contribution < -0.4 is 5.73 Å². The molecule has 1 atom stereocenters. The molecule has 31 heavy (non-hydrogen) atoms. The number of ether oxygens (including phenoxy) is 1. The maximum atomic E-state index is 12.9. The molecule has 0 aliphatic carbocycles. The molecule has 0 radical (unpaired) electrons. The van der Waals surface area contributed by atoms with Gasteiger partial charge in [-0.2, -0.15) is 5.26 Å². The number of benzene rings is 2. The summed E-state index contributed by atoms with van der Waals surface area (Å²) in [4.78, 5) is 51.7. The van der Waals surface area contributed by atoms with Crippen LogP contribution in [0.3, 0.4) is 0 Å². The van der Waals surface area contributed by atoms with Crippen molar-refractivity contribution in [2.75, 3.05) is 6.61 Å². The highest BCUT2D eigenvalue weighted by atomic mass is 16.5. The number of hydrogen-bond donors (Lipinski definition) is 1. The Hall–Kier alpha value is -4.25. The smallest absolute Gasteiger partial charge is 0.330 e. The zero-order chi connectivity index (χ0) is 22.5. The van der Waals surface area contributed by atoms with Crippen molar-refractivity contribution in [3.8, 4) is 6.07 Å². The SMILES string of the molecule is C/C(N)=C(\C#N)C(=O)COC(=O)[C@H](Cc1ccccc1)N1C(=O)c2ccccc2C1=O. The summed E-state index contributed by atoms with van der Waals surface area (Å²) in [6.07, 6.45) is 0.0101. The van der Waals surface area contributed by atoms with Gasteiger partial charge in [-0.05, 0) is 24.6 Å². The van der Waals surface area contributed by atoms with Gasteiger partial charge in [0.15, 0.2) is 6.61 Å². The van der Waals surface area contributed by atoms with E-state index in [1.54, 1.807) is 48.5 Å². The molecule has 2 aromatic rings. The highest BCUT2D eigenvalue weighted by molar-refractivity contribution is 6.22. The molecule has 0 bridgehead atoms. The van der Waals surface area contributed by atoms with Crippen LogP contribution in [-0.4, -0.2) is 41.1 Å². The van der Waals surface area contributed by atoms with Crippen LogP contribution in [0.25, 0.3) is 0 Å². The Balaban J connectivity index is 1.87. The number of nitriles is 1. The molecule has 0 saturated carbocycles. The van der Waals surface area contributed by atoms with Crippen LogP contribution in [0, 0.1) is 11.3 Å². The normalized spacial score (nSPS) is 14.4. The zero-order valence-electron chi connectivity index (χ0n) is 16.7. The molecule has 0 unspecified atom stereocenters. The summed E-state index contributed by atoms with van der Waals surface area (Å²) < 4.78 is 5.10. The highest BCUT2D eigenvalue weighted by Crippen LogP contribution is 2.26. The molecule has 8 heteroatoms. The summed E-state index contributed by atoms with van der Waals surface area (Å²) in [5.74, 6) is -2.92. The van der Waals surface area contributed by atoms with E-state index in [2.05, 4.69) is 0 Å². The van der Waals surface area contributed by atoms with Crippen molar-refractivity contribution in [1.82, 2.24) is 4.90 Å². The van der Waals surface area contributed by atoms with Gasteiger partial charge in [0.2, 0.25) is 5.78 Å². The molecule has 2 amide bonds. The molecule has 1 aliphatic heterocycles. The number of esters is 1. The molecule has 1 aliphatic rings. The van der Waals surface area contributed by atoms with Gasteiger partial charge in [-0.1, -0.05) is 42.5 Å². The third-order valence-electron chi connectivity index (χ3n) is 4.81. The maximum Gasteiger partial charge on any atom is 0.330 e. The molecule has 1 heterocycles. The number of Topliss-reactive ketones (excluding diaryl/α,β-unsaturated/α-hetero) is 1. The standard InChI is InChI=1S/C23H19N3O5/c1-14(25)18(12-24)20(27)13-31-23(30)19(11-15-7-3-2-4-8-15)26-21(28)16-9-5-6-10-17(16)22(26)29/h2-10,19H,11,13,25H2,1H3/b18-14-/t19-/m0/s1. The second-order valence-electron chi connectivity index (χ2n) is 6.93. The number of nitrogens with two attached hydrogens (primary N) is 1. The first-order valence-corrected chi connectivity index (χ1v) is 9.42. The van der Waals surface area contributed by atoms with E-state index >= 15 is 0 Å². The van der Waals surface area contributed by atoms with E-state index in [4.69, 9.17) is 15.7 Å². The fourth-order valence-electron chi connectivity index (χ4n) is 3.28. The number of rotatable bonds is 7. The van der Waals surface area contributed by atoms with E-state index < -0.39 is 36.2 Å². The van der Waals surface area contributed by atoms with Gasteiger partial charge in [-0.3, -0.25) is 19.3 Å². The quantitative estimate of drug-likeness (QED) is 0.314. The summed E-state index contributed by atoms with van der Waals surface area (Å²) in [7, 11) is 0. The Kier molecular flexibility index (Phi) is 6.26. The largest absolute Gasteiger partial charge is 0.456 e. The second kappa shape index (κ2) is 9.05. The lowest BCUT2D eigenvalue weighted by Gasteiger charge is -2.24. The Labute approximate surface area is 178 Å². The molecule has 0 fully saturated rings. The van der Waals surface area contributed by atoms with Crippen molar-refractivity contribution >= 4 is 23.6 Å². The molecule has 2 aromatic carbocycles. The first kappa shape index (κ1) is 21.5. The van der Waals surface area contributed by atoms with Gasteiger partial charge in [0.05, 0.1) is 11.1 Å². The number of nitrogens with zero attached hydrogens (tertiary/aromatic N) is 2. The monoisotopic (exact) mass is 417 g/mol. The van der Waals surface area contributed by atoms with E-state index in [9.17, 15) is 19.2 Å². The number of hydrogen-bond acceptors (Lipinski definition) is 7. The molecular weight excluding hydrogens is 398 g/mol. The van der Waals surface area contributed by atoms with Crippen LogP contribution in [-0.2, 0) is 20.7 Å². The molecule has 3 rings (SSSR count). The lowest BCUT2D eigenvalue weighted by atomic mass is 10.0. The van der Waals surface area contributed by atoms with Crippen molar-refractivity contribution in [3.63, 3.8) is 0 Å². The first-order valence-electron chi connectivity index (χ1n) is 9.42. The van der Waals surface area contributed by atoms with Crippen molar-refractivity contribution in [1.29, 1.82) is 5.26 Å². The summed E-state index contributed by atoms with van der Waals surface area (Å²) in [5, 5.41) is 9.03. The average molecular weight is 417 g/mol. The summed E-state index contributed by atoms with van der Waals surface area (Å²) in [6.45, 7) is 0.653. The summed E-state index contributed by atoms with van der Waals surface area (Å²) >= 11 is 0. The van der Waals surface area contributed by atoms with Crippen LogP contribution >= 0.6 is 0 Å². The van der Waals surface area contributed by atoms with Gasteiger partial charge in [0.25, 0.3) is 11.8 Å². The van der Waals surface area contributed by atoms with E-state index in [1.807, 2.05) is 0 Å². The molecule has 2 N–H and O–H groups in total. The van der Waals surface area contributed by atoms with E-state index in [-0.39, 0.29) is 28.8 Å². The van der Waals surface area contributed by atoms with Crippen molar-refractivity contribution in [3.05, 3.63) is 82.6 Å². The van der Waals surface area contributed by atoms with Crippen LogP contribution in [0.1, 0.15) is 33.2 Å². The topological polar surface area (TPSA) is 131 Å². The minimum atomic E-state index is -1.28. The average Bonchev–Trinajstić information content (AvgIpc) is 3.02. The lowest BCUT2D eigenvalue weighted by molar-refractivity contribution is -0.151. The van der Waals surface area contributed by atoms with Crippen LogP contribution in [0.5, 0.6) is 0 Å². The minimum absolute atomic E-state index is 0.00438. The number of allylic oxidation sites excluding steroid dienone is 1. The van der Waals surface area contributed by atoms with Gasteiger partial charge < -0.3 is 10.5 Å². The van der Waals surface area contributed by atoms with Crippen LogP contribution in [0.2, 0.25) is 0 Å². The van der Waals surface area contributed by atoms with Gasteiger partial charge in [-0.25, -0.2) is 4.79 Å². The van der Waals surface area contributed by atoms with E-state index in [0.29, 0.717) is 5.56 Å². The molecule has 0 saturated heterocycles. The Morgan fingerprint density at radius 1 is 1.03 bits per heavy atom. The van der Waals surface area contributed by atoms with Crippen molar-refractivity contribution in [2.24, 2.45) is 5.73 Å². The summed E-state index contributed by atoms with van der Waals surface area (Å²) in [6, 6.07) is 15.5. The molecule has 0 aromatic heterocycles. The number of fused-ring (bicyclic) bond motifs is 1. The predicted octanol–water partition coefficient (Wildman–Crippen LogP) is 1.76. The van der Waals surface area contributed by atoms with Gasteiger partial charge in [-0.15, -0.1) is 0 Å². The fourth-order valence-corrected chi connectivity index (χ4v) is 3.28. The number of amides is 2. The molecule has 156 valence electrons. The third-order valence-corrected chi connectivity index (χ3v) is 4.81. The Bertz CT molecular complexity index is 1090. The molecular formula is C23H19N3O5. The highest BCUT2D eigenvalue weighted by Gasteiger charge is 2.43. The first-order chi connectivity index (χ1) is 14.8. The number of carbonyl (C=O) groups excluding carboxylic acids is 4. The van der Waals surface area contributed by atoms with Crippen LogP contribution in [0.15, 0.2) is 65.9 Å². The molecule has 0 spiro atoms. The third kappa shape index (κ3) is 4.36. The Morgan fingerprint density at radius 2 is 1.58 bits per heavy atom. The fraction of sp³-hybridized carbons (Fsp3) is 0.174. The number of carbonyl (C=O) groups is 4. The zero-order valence-corrected chi connectivity index (χ0v) is 16.7. The summed E-state index contributed by atoms with van der Waals surface area (Å²) in [5.41, 5.74) is 6.28. The minimum Gasteiger partial charge on any atom is -0.456 e. The maximum absolute atomic E-state index is 12.9. The lowest BCUT2D eigenvalue weighted by Crippen LogP contribution is -2.47. The van der Waals surface area contributed by atoms with E-state index in [1.165, 1.54) is 19.1 Å². The van der Waals surface area contributed by atoms with Crippen LogP contribution in [0.4, 0.5) is 0 Å². The van der Waals surface area contributed by atoms with Crippen molar-refractivity contribution in [2.45, 2.75) is 19.4 Å². The van der Waals surface area contributed by atoms with E-state index in [0.717, 1.165) is 4.90 Å². The van der Waals surface area contributed by atoms with Crippen molar-refractivity contribution < 1.29 is 23.9 Å².